The van der Waals surface area contributed by atoms with Crippen molar-refractivity contribution >= 4 is 12.6 Å². The van der Waals surface area contributed by atoms with Crippen LogP contribution in [0.4, 0.5) is 0 Å². The van der Waals surface area contributed by atoms with Gasteiger partial charge in [-0.1, -0.05) is 48.5 Å². The van der Waals surface area contributed by atoms with E-state index in [2.05, 4.69) is 30.1 Å². The molecule has 0 bridgehead atoms. The molecule has 0 fully saturated rings. The van der Waals surface area contributed by atoms with Gasteiger partial charge in [-0.15, -0.1) is 0 Å². The summed E-state index contributed by atoms with van der Waals surface area (Å²) in [5.41, 5.74) is 1.28. The highest BCUT2D eigenvalue weighted by Gasteiger charge is 2.03. The topological polar surface area (TPSA) is 21.3 Å². The molecular weight excluding hydrogens is 254 g/mol. The predicted octanol–water partition coefficient (Wildman–Crippen LogP) is 3.15. The third-order valence-electron chi connectivity index (χ3n) is 2.74. The standard InChI is InChI=1S/C16H19NOS/c19-16(13-18-15-9-5-2-6-10-15)12-17-11-14-7-3-1-4-8-14/h1-10,16-17,19H,11-13H2. The highest BCUT2D eigenvalue weighted by atomic mass is 32.1. The summed E-state index contributed by atoms with van der Waals surface area (Å²) >= 11 is 4.52. The number of ether oxygens (including phenoxy) is 1. The van der Waals surface area contributed by atoms with E-state index in [0.717, 1.165) is 18.8 Å². The molecule has 2 aromatic rings. The van der Waals surface area contributed by atoms with Crippen LogP contribution in [-0.2, 0) is 6.54 Å². The van der Waals surface area contributed by atoms with Crippen LogP contribution in [0.1, 0.15) is 5.56 Å². The second-order valence-corrected chi connectivity index (χ2v) is 5.12. The molecule has 0 saturated heterocycles. The maximum absolute atomic E-state index is 5.65. The van der Waals surface area contributed by atoms with E-state index in [4.69, 9.17) is 4.74 Å². The minimum absolute atomic E-state index is 0.184. The quantitative estimate of drug-likeness (QED) is 0.756. The summed E-state index contributed by atoms with van der Waals surface area (Å²) in [7, 11) is 0. The number of nitrogens with one attached hydrogen (secondary N) is 1. The van der Waals surface area contributed by atoms with Gasteiger partial charge in [0.25, 0.3) is 0 Å². The van der Waals surface area contributed by atoms with Crippen molar-refractivity contribution in [3.63, 3.8) is 0 Å². The van der Waals surface area contributed by atoms with Crippen LogP contribution < -0.4 is 10.1 Å². The average Bonchev–Trinajstić information content (AvgIpc) is 2.47. The molecule has 1 N–H and O–H groups in total. The van der Waals surface area contributed by atoms with Gasteiger partial charge in [0.2, 0.25) is 0 Å². The second-order valence-electron chi connectivity index (χ2n) is 4.39. The Morgan fingerprint density at radius 1 is 0.947 bits per heavy atom. The first-order valence-electron chi connectivity index (χ1n) is 6.45. The summed E-state index contributed by atoms with van der Waals surface area (Å²) in [5.74, 6) is 0.893. The maximum atomic E-state index is 5.65. The Hall–Kier alpha value is -1.45. The third kappa shape index (κ3) is 5.37. The number of thiol groups is 1. The molecular formula is C16H19NOS. The Morgan fingerprint density at radius 3 is 2.26 bits per heavy atom. The molecule has 0 aliphatic carbocycles. The van der Waals surface area contributed by atoms with E-state index in [1.54, 1.807) is 0 Å². The minimum Gasteiger partial charge on any atom is -0.492 e. The predicted molar refractivity (Wildman–Crippen MR) is 82.9 cm³/mol. The Balaban J connectivity index is 1.64. The van der Waals surface area contributed by atoms with Crippen LogP contribution in [0.2, 0.25) is 0 Å². The summed E-state index contributed by atoms with van der Waals surface area (Å²) < 4.78 is 5.65. The van der Waals surface area contributed by atoms with Gasteiger partial charge in [0.1, 0.15) is 12.4 Å². The zero-order valence-corrected chi connectivity index (χ0v) is 11.7. The van der Waals surface area contributed by atoms with E-state index >= 15 is 0 Å². The molecule has 0 heterocycles. The van der Waals surface area contributed by atoms with Crippen molar-refractivity contribution in [3.8, 4) is 5.75 Å². The highest BCUT2D eigenvalue weighted by molar-refractivity contribution is 7.81. The molecule has 0 spiro atoms. The van der Waals surface area contributed by atoms with Crippen LogP contribution in [0.3, 0.4) is 0 Å². The molecule has 0 amide bonds. The molecule has 0 radical (unpaired) electrons. The second kappa shape index (κ2) is 7.87. The summed E-state index contributed by atoms with van der Waals surface area (Å²) in [6.07, 6.45) is 0. The number of rotatable bonds is 7. The van der Waals surface area contributed by atoms with Crippen LogP contribution in [0.5, 0.6) is 5.75 Å². The molecule has 0 aromatic heterocycles. The first-order valence-corrected chi connectivity index (χ1v) is 6.97. The fourth-order valence-electron chi connectivity index (χ4n) is 1.75. The van der Waals surface area contributed by atoms with Crippen molar-refractivity contribution in [1.29, 1.82) is 0 Å². The Labute approximate surface area is 120 Å². The summed E-state index contributed by atoms with van der Waals surface area (Å²) in [5, 5.41) is 3.57. The fourth-order valence-corrected chi connectivity index (χ4v) is 1.95. The van der Waals surface area contributed by atoms with Crippen molar-refractivity contribution in [2.45, 2.75) is 11.8 Å². The number of para-hydroxylation sites is 1. The lowest BCUT2D eigenvalue weighted by atomic mass is 10.2. The summed E-state index contributed by atoms with van der Waals surface area (Å²) in [4.78, 5) is 0. The normalized spacial score (nSPS) is 12.1. The number of hydrogen-bond donors (Lipinski definition) is 2. The summed E-state index contributed by atoms with van der Waals surface area (Å²) in [6.45, 7) is 2.29. The van der Waals surface area contributed by atoms with E-state index in [1.807, 2.05) is 48.5 Å². The first kappa shape index (κ1) is 14.0. The van der Waals surface area contributed by atoms with Gasteiger partial charge < -0.3 is 10.1 Å². The average molecular weight is 273 g/mol. The van der Waals surface area contributed by atoms with Gasteiger partial charge in [-0.25, -0.2) is 0 Å². The van der Waals surface area contributed by atoms with E-state index < -0.39 is 0 Å². The molecule has 1 atom stereocenters. The molecule has 19 heavy (non-hydrogen) atoms. The zero-order valence-electron chi connectivity index (χ0n) is 10.8. The maximum Gasteiger partial charge on any atom is 0.119 e. The fraction of sp³-hybridized carbons (Fsp3) is 0.250. The van der Waals surface area contributed by atoms with Gasteiger partial charge in [-0.2, -0.15) is 12.6 Å². The van der Waals surface area contributed by atoms with Crippen molar-refractivity contribution < 1.29 is 4.74 Å². The molecule has 0 aliphatic rings. The Bertz CT molecular complexity index is 461. The molecule has 0 saturated carbocycles. The van der Waals surface area contributed by atoms with E-state index in [9.17, 15) is 0 Å². The van der Waals surface area contributed by atoms with Crippen LogP contribution in [0.15, 0.2) is 60.7 Å². The van der Waals surface area contributed by atoms with Crippen molar-refractivity contribution in [2.24, 2.45) is 0 Å². The lowest BCUT2D eigenvalue weighted by Crippen LogP contribution is -2.27. The van der Waals surface area contributed by atoms with Gasteiger partial charge in [-0.3, -0.25) is 0 Å². The van der Waals surface area contributed by atoms with E-state index in [0.29, 0.717) is 6.61 Å². The van der Waals surface area contributed by atoms with E-state index in [1.165, 1.54) is 5.56 Å². The smallest absolute Gasteiger partial charge is 0.119 e. The SMILES string of the molecule is SC(CNCc1ccccc1)COc1ccccc1. The zero-order chi connectivity index (χ0) is 13.3. The molecule has 2 rings (SSSR count). The van der Waals surface area contributed by atoms with Crippen LogP contribution >= 0.6 is 12.6 Å². The van der Waals surface area contributed by atoms with Crippen LogP contribution in [0, 0.1) is 0 Å². The van der Waals surface area contributed by atoms with Gasteiger partial charge >= 0.3 is 0 Å². The van der Waals surface area contributed by atoms with Gasteiger partial charge in [-0.05, 0) is 17.7 Å². The third-order valence-corrected chi connectivity index (χ3v) is 3.07. The molecule has 2 nitrogen and oxygen atoms in total. The lowest BCUT2D eigenvalue weighted by molar-refractivity contribution is 0.314. The monoisotopic (exact) mass is 273 g/mol. The van der Waals surface area contributed by atoms with Crippen molar-refractivity contribution in [1.82, 2.24) is 5.32 Å². The van der Waals surface area contributed by atoms with Crippen LogP contribution in [-0.4, -0.2) is 18.4 Å². The minimum atomic E-state index is 0.184. The molecule has 100 valence electrons. The highest BCUT2D eigenvalue weighted by Crippen LogP contribution is 2.09. The van der Waals surface area contributed by atoms with Crippen LogP contribution in [0.25, 0.3) is 0 Å². The van der Waals surface area contributed by atoms with Gasteiger partial charge in [0.15, 0.2) is 0 Å². The van der Waals surface area contributed by atoms with Gasteiger partial charge in [0, 0.05) is 18.3 Å². The number of hydrogen-bond acceptors (Lipinski definition) is 3. The van der Waals surface area contributed by atoms with E-state index in [-0.39, 0.29) is 5.25 Å². The van der Waals surface area contributed by atoms with Crippen molar-refractivity contribution in [2.75, 3.05) is 13.2 Å². The molecule has 2 aromatic carbocycles. The van der Waals surface area contributed by atoms with Crippen molar-refractivity contribution in [3.05, 3.63) is 66.2 Å². The molecule has 0 aliphatic heterocycles. The summed E-state index contributed by atoms with van der Waals surface area (Å²) in [6, 6.07) is 20.2. The molecule has 3 heteroatoms. The largest absolute Gasteiger partial charge is 0.492 e. The first-order chi connectivity index (χ1) is 9.34. The Morgan fingerprint density at radius 2 is 1.58 bits per heavy atom. The molecule has 1 unspecified atom stereocenters. The number of benzene rings is 2. The lowest BCUT2D eigenvalue weighted by Gasteiger charge is -2.13. The van der Waals surface area contributed by atoms with Gasteiger partial charge in [0.05, 0.1) is 0 Å². The Kier molecular flexibility index (Phi) is 5.79.